The van der Waals surface area contributed by atoms with E-state index >= 15 is 0 Å². The van der Waals surface area contributed by atoms with Crippen molar-refractivity contribution in [1.29, 1.82) is 5.26 Å². The van der Waals surface area contributed by atoms with E-state index in [1.807, 2.05) is 12.1 Å². The topological polar surface area (TPSA) is 39.1 Å². The summed E-state index contributed by atoms with van der Waals surface area (Å²) in [6.07, 6.45) is 3.68. The third-order valence-electron chi connectivity index (χ3n) is 4.09. The van der Waals surface area contributed by atoms with Crippen LogP contribution in [0.1, 0.15) is 37.3 Å². The molecule has 0 aliphatic carbocycles. The third kappa shape index (κ3) is 5.00. The van der Waals surface area contributed by atoms with Crippen LogP contribution >= 0.6 is 11.6 Å². The summed E-state index contributed by atoms with van der Waals surface area (Å²) in [6, 6.07) is 7.75. The molecule has 0 atom stereocenters. The Labute approximate surface area is 132 Å². The molecule has 1 aromatic rings. The monoisotopic (exact) mass is 305 g/mol. The molecular formula is C17H24ClN3. The van der Waals surface area contributed by atoms with Crippen molar-refractivity contribution in [2.24, 2.45) is 5.92 Å². The molecule has 1 aliphatic heterocycles. The van der Waals surface area contributed by atoms with Gasteiger partial charge in [-0.1, -0.05) is 24.6 Å². The van der Waals surface area contributed by atoms with Crippen molar-refractivity contribution in [1.82, 2.24) is 10.2 Å². The molecule has 4 heteroatoms. The van der Waals surface area contributed by atoms with Crippen LogP contribution in [0.4, 0.5) is 0 Å². The Kier molecular flexibility index (Phi) is 6.50. The summed E-state index contributed by atoms with van der Waals surface area (Å²) in [5, 5.41) is 13.0. The van der Waals surface area contributed by atoms with Gasteiger partial charge in [0.05, 0.1) is 11.6 Å². The van der Waals surface area contributed by atoms with Crippen molar-refractivity contribution in [2.75, 3.05) is 26.2 Å². The summed E-state index contributed by atoms with van der Waals surface area (Å²) in [6.45, 7) is 7.62. The van der Waals surface area contributed by atoms with Crippen molar-refractivity contribution in [2.45, 2.75) is 32.7 Å². The summed E-state index contributed by atoms with van der Waals surface area (Å²) >= 11 is 6.31. The van der Waals surface area contributed by atoms with Gasteiger partial charge >= 0.3 is 0 Å². The van der Waals surface area contributed by atoms with E-state index < -0.39 is 0 Å². The molecule has 3 nitrogen and oxygen atoms in total. The second-order valence-corrected chi connectivity index (χ2v) is 6.25. The summed E-state index contributed by atoms with van der Waals surface area (Å²) < 4.78 is 0. The second-order valence-electron chi connectivity index (χ2n) is 5.85. The molecule has 114 valence electrons. The predicted octanol–water partition coefficient (Wildman–Crippen LogP) is 3.42. The summed E-state index contributed by atoms with van der Waals surface area (Å²) in [7, 11) is 0. The normalized spacial score (nSPS) is 16.1. The summed E-state index contributed by atoms with van der Waals surface area (Å²) in [4.78, 5) is 2.50. The van der Waals surface area contributed by atoms with Crippen LogP contribution in [0, 0.1) is 17.2 Å². The Bertz CT molecular complexity index is 489. The van der Waals surface area contributed by atoms with Gasteiger partial charge in [-0.3, -0.25) is 4.90 Å². The van der Waals surface area contributed by atoms with Crippen molar-refractivity contribution in [3.8, 4) is 6.07 Å². The average Bonchev–Trinajstić information content (AvgIpc) is 2.50. The fourth-order valence-corrected chi connectivity index (χ4v) is 3.21. The highest BCUT2D eigenvalue weighted by molar-refractivity contribution is 6.31. The SMILES string of the molecule is CCCN(Cc1ccc(C#N)cc1Cl)CC1CCNCC1. The Morgan fingerprint density at radius 3 is 2.76 bits per heavy atom. The van der Waals surface area contributed by atoms with Crippen molar-refractivity contribution >= 4 is 11.6 Å². The highest BCUT2D eigenvalue weighted by Gasteiger charge is 2.17. The molecule has 1 aliphatic rings. The van der Waals surface area contributed by atoms with Crippen LogP contribution in [-0.2, 0) is 6.54 Å². The number of nitrogens with one attached hydrogen (secondary N) is 1. The van der Waals surface area contributed by atoms with Crippen LogP contribution in [0.25, 0.3) is 0 Å². The quantitative estimate of drug-likeness (QED) is 0.875. The molecule has 0 spiro atoms. The zero-order valence-corrected chi connectivity index (χ0v) is 13.5. The number of piperidine rings is 1. The van der Waals surface area contributed by atoms with Gasteiger partial charge in [0.25, 0.3) is 0 Å². The molecular weight excluding hydrogens is 282 g/mol. The summed E-state index contributed by atoms with van der Waals surface area (Å²) in [5.74, 6) is 0.787. The Morgan fingerprint density at radius 2 is 2.14 bits per heavy atom. The van der Waals surface area contributed by atoms with Crippen LogP contribution in [0.3, 0.4) is 0 Å². The van der Waals surface area contributed by atoms with Gasteiger partial charge in [-0.25, -0.2) is 0 Å². The van der Waals surface area contributed by atoms with Crippen LogP contribution in [0.2, 0.25) is 5.02 Å². The van der Waals surface area contributed by atoms with Gasteiger partial charge in [-0.15, -0.1) is 0 Å². The molecule has 0 amide bonds. The van der Waals surface area contributed by atoms with Crippen LogP contribution in [-0.4, -0.2) is 31.1 Å². The molecule has 0 aromatic heterocycles. The van der Waals surface area contributed by atoms with E-state index in [4.69, 9.17) is 16.9 Å². The first kappa shape index (κ1) is 16.3. The number of rotatable bonds is 6. The molecule has 1 fully saturated rings. The van der Waals surface area contributed by atoms with Crippen molar-refractivity contribution < 1.29 is 0 Å². The minimum Gasteiger partial charge on any atom is -0.317 e. The lowest BCUT2D eigenvalue weighted by molar-refractivity contribution is 0.199. The molecule has 1 heterocycles. The average molecular weight is 306 g/mol. The fraction of sp³-hybridized carbons (Fsp3) is 0.588. The van der Waals surface area contributed by atoms with Gasteiger partial charge in [-0.05, 0) is 62.5 Å². The third-order valence-corrected chi connectivity index (χ3v) is 4.44. The van der Waals surface area contributed by atoms with Crippen LogP contribution in [0.15, 0.2) is 18.2 Å². The molecule has 0 bridgehead atoms. The maximum Gasteiger partial charge on any atom is 0.0992 e. The van der Waals surface area contributed by atoms with Gasteiger partial charge in [0.15, 0.2) is 0 Å². The van der Waals surface area contributed by atoms with Crippen molar-refractivity contribution in [3.05, 3.63) is 34.3 Å². The second kappa shape index (κ2) is 8.38. The first-order chi connectivity index (χ1) is 10.2. The highest BCUT2D eigenvalue weighted by Crippen LogP contribution is 2.21. The molecule has 2 rings (SSSR count). The lowest BCUT2D eigenvalue weighted by Gasteiger charge is -2.30. The Morgan fingerprint density at radius 1 is 1.38 bits per heavy atom. The molecule has 21 heavy (non-hydrogen) atoms. The molecule has 1 N–H and O–H groups in total. The molecule has 1 aromatic carbocycles. The standard InChI is InChI=1S/C17H24ClN3/c1-2-9-21(12-14-5-7-20-8-6-14)13-16-4-3-15(11-19)10-17(16)18/h3-4,10,14,20H,2,5-9,12-13H2,1H3. The van der Waals surface area contributed by atoms with Gasteiger partial charge in [0, 0.05) is 18.1 Å². The summed E-state index contributed by atoms with van der Waals surface area (Å²) in [5.41, 5.74) is 1.75. The molecule has 0 saturated carbocycles. The minimum atomic E-state index is 0.629. The zero-order chi connectivity index (χ0) is 15.1. The van der Waals surface area contributed by atoms with Crippen LogP contribution < -0.4 is 5.32 Å². The van der Waals surface area contributed by atoms with Gasteiger partial charge in [-0.2, -0.15) is 5.26 Å². The number of nitriles is 1. The van der Waals surface area contributed by atoms with Gasteiger partial charge < -0.3 is 5.32 Å². The number of nitrogens with zero attached hydrogens (tertiary/aromatic N) is 2. The fourth-order valence-electron chi connectivity index (χ4n) is 2.97. The first-order valence-electron chi connectivity index (χ1n) is 7.84. The van der Waals surface area contributed by atoms with E-state index in [0.717, 1.165) is 50.6 Å². The molecule has 1 saturated heterocycles. The Balaban J connectivity index is 1.99. The number of hydrogen-bond donors (Lipinski definition) is 1. The Hall–Kier alpha value is -1.08. The van der Waals surface area contributed by atoms with Crippen LogP contribution in [0.5, 0.6) is 0 Å². The smallest absolute Gasteiger partial charge is 0.0992 e. The molecule has 0 unspecified atom stereocenters. The first-order valence-corrected chi connectivity index (χ1v) is 8.22. The number of hydrogen-bond acceptors (Lipinski definition) is 3. The number of halogens is 1. The largest absolute Gasteiger partial charge is 0.317 e. The van der Waals surface area contributed by atoms with E-state index in [9.17, 15) is 0 Å². The lowest BCUT2D eigenvalue weighted by Crippen LogP contribution is -2.36. The van der Waals surface area contributed by atoms with Gasteiger partial charge in [0.1, 0.15) is 0 Å². The molecule has 0 radical (unpaired) electrons. The van der Waals surface area contributed by atoms with E-state index in [2.05, 4.69) is 23.2 Å². The van der Waals surface area contributed by atoms with Crippen molar-refractivity contribution in [3.63, 3.8) is 0 Å². The minimum absolute atomic E-state index is 0.629. The number of benzene rings is 1. The maximum absolute atomic E-state index is 8.91. The van der Waals surface area contributed by atoms with Gasteiger partial charge in [0.2, 0.25) is 0 Å². The zero-order valence-electron chi connectivity index (χ0n) is 12.7. The maximum atomic E-state index is 8.91. The lowest BCUT2D eigenvalue weighted by atomic mass is 9.97. The van der Waals surface area contributed by atoms with E-state index in [1.165, 1.54) is 12.8 Å². The predicted molar refractivity (Wildman–Crippen MR) is 87.3 cm³/mol. The van der Waals surface area contributed by atoms with E-state index in [-0.39, 0.29) is 0 Å². The van der Waals surface area contributed by atoms with E-state index in [1.54, 1.807) is 6.07 Å². The highest BCUT2D eigenvalue weighted by atomic mass is 35.5. The van der Waals surface area contributed by atoms with E-state index in [0.29, 0.717) is 10.6 Å².